The lowest BCUT2D eigenvalue weighted by molar-refractivity contribution is 1.28. The van der Waals surface area contributed by atoms with Crippen molar-refractivity contribution in [3.63, 3.8) is 0 Å². The minimum atomic E-state index is 0.356. The van der Waals surface area contributed by atoms with Crippen LogP contribution in [0.15, 0.2) is 24.3 Å². The van der Waals surface area contributed by atoms with Crippen molar-refractivity contribution in [3.8, 4) is 11.8 Å². The zero-order valence-electron chi connectivity index (χ0n) is 7.30. The van der Waals surface area contributed by atoms with Crippen LogP contribution in [-0.2, 0) is 0 Å². The first-order valence-electron chi connectivity index (χ1n) is 4.17. The maximum absolute atomic E-state index is 6.88. The van der Waals surface area contributed by atoms with Gasteiger partial charge in [0, 0.05) is 19.0 Å². The minimum Gasteiger partial charge on any atom is -0.399 e. The molecular formula is C10H11N. The van der Waals surface area contributed by atoms with Gasteiger partial charge >= 0.3 is 0 Å². The number of hydrogen-bond acceptors (Lipinski definition) is 1. The third-order valence-corrected chi connectivity index (χ3v) is 1.24. The zero-order valence-corrected chi connectivity index (χ0v) is 6.30. The van der Waals surface area contributed by atoms with Gasteiger partial charge in [-0.15, -0.1) is 0 Å². The minimum absolute atomic E-state index is 0.356. The Balaban J connectivity index is 2.71. The average Bonchev–Trinajstić information content (AvgIpc) is 2.05. The summed E-state index contributed by atoms with van der Waals surface area (Å²) in [5.41, 5.74) is 7.21. The van der Waals surface area contributed by atoms with Gasteiger partial charge in [0.25, 0.3) is 0 Å². The van der Waals surface area contributed by atoms with Gasteiger partial charge in [0.1, 0.15) is 0 Å². The van der Waals surface area contributed by atoms with Crippen LogP contribution in [0.1, 0.15) is 20.3 Å². The van der Waals surface area contributed by atoms with Crippen molar-refractivity contribution in [1.82, 2.24) is 0 Å². The van der Waals surface area contributed by atoms with Crippen molar-refractivity contribution < 1.29 is 1.37 Å². The quantitative estimate of drug-likeness (QED) is 0.441. The van der Waals surface area contributed by atoms with Crippen molar-refractivity contribution in [1.29, 1.82) is 0 Å². The molecule has 0 aliphatic heterocycles. The first-order chi connectivity index (χ1) is 5.83. The Hall–Kier alpha value is -1.42. The molecule has 1 rings (SSSR count). The highest BCUT2D eigenvalue weighted by Crippen LogP contribution is 2.04. The molecule has 0 saturated heterocycles. The van der Waals surface area contributed by atoms with Crippen molar-refractivity contribution in [3.05, 3.63) is 29.8 Å². The largest absolute Gasteiger partial charge is 0.399 e. The Labute approximate surface area is 68.6 Å². The van der Waals surface area contributed by atoms with Crippen LogP contribution in [0.5, 0.6) is 0 Å². The van der Waals surface area contributed by atoms with Crippen molar-refractivity contribution in [2.24, 2.45) is 0 Å². The lowest BCUT2D eigenvalue weighted by Gasteiger charge is -1.91. The van der Waals surface area contributed by atoms with E-state index in [0.717, 1.165) is 11.3 Å². The Morgan fingerprint density at radius 3 is 3.27 bits per heavy atom. The summed E-state index contributed by atoms with van der Waals surface area (Å²) in [6.45, 7) is 0.356. The molecule has 0 fully saturated rings. The fourth-order valence-electron chi connectivity index (χ4n) is 0.781. The van der Waals surface area contributed by atoms with E-state index >= 15 is 0 Å². The highest BCUT2D eigenvalue weighted by molar-refractivity contribution is 5.46. The average molecular weight is 147 g/mol. The van der Waals surface area contributed by atoms with Gasteiger partial charge in [-0.05, 0) is 18.2 Å². The van der Waals surface area contributed by atoms with Gasteiger partial charge in [0.05, 0.1) is 0 Å². The van der Waals surface area contributed by atoms with Crippen LogP contribution in [-0.4, -0.2) is 0 Å². The fourth-order valence-corrected chi connectivity index (χ4v) is 0.781. The lowest BCUT2D eigenvalue weighted by Crippen LogP contribution is -1.83. The molecule has 0 atom stereocenters. The molecular weight excluding hydrogens is 134 g/mol. The standard InChI is InChI=1S/C10H11N/c1-2-3-5-9-6-4-7-10(11)8-9/h4,6-8H,2,11H2,1H3/i1T. The van der Waals surface area contributed by atoms with Crippen LogP contribution < -0.4 is 5.73 Å². The molecule has 0 bridgehead atoms. The summed E-state index contributed by atoms with van der Waals surface area (Å²) < 4.78 is 6.88. The highest BCUT2D eigenvalue weighted by atomic mass is 14.5. The molecule has 1 nitrogen and oxygen atoms in total. The topological polar surface area (TPSA) is 26.0 Å². The van der Waals surface area contributed by atoms with Crippen molar-refractivity contribution >= 4 is 5.69 Å². The predicted molar refractivity (Wildman–Crippen MR) is 48.0 cm³/mol. The normalized spacial score (nSPS) is 9.64. The van der Waals surface area contributed by atoms with Crippen molar-refractivity contribution in [2.75, 3.05) is 5.73 Å². The Morgan fingerprint density at radius 2 is 2.55 bits per heavy atom. The van der Waals surface area contributed by atoms with E-state index < -0.39 is 0 Å². The molecule has 0 aromatic heterocycles. The molecule has 0 spiro atoms. The van der Waals surface area contributed by atoms with Crippen LogP contribution in [0.4, 0.5) is 5.69 Å². The number of hydrogen-bond donors (Lipinski definition) is 1. The summed E-state index contributed by atoms with van der Waals surface area (Å²) in [6.07, 6.45) is 0.620. The van der Waals surface area contributed by atoms with Gasteiger partial charge in [0.15, 0.2) is 0 Å². The lowest BCUT2D eigenvalue weighted by atomic mass is 10.2. The van der Waals surface area contributed by atoms with E-state index in [0.29, 0.717) is 13.3 Å². The number of benzene rings is 1. The molecule has 0 saturated carbocycles. The number of nitrogen functional groups attached to an aromatic ring is 1. The summed E-state index contributed by atoms with van der Waals surface area (Å²) in [6, 6.07) is 7.44. The molecule has 1 aromatic rings. The van der Waals surface area contributed by atoms with E-state index in [1.54, 1.807) is 0 Å². The van der Waals surface area contributed by atoms with E-state index in [1.165, 1.54) is 0 Å². The molecule has 11 heavy (non-hydrogen) atoms. The van der Waals surface area contributed by atoms with E-state index in [1.807, 2.05) is 24.3 Å². The Bertz CT molecular complexity index is 309. The molecule has 0 unspecified atom stereocenters. The summed E-state index contributed by atoms with van der Waals surface area (Å²) in [5.74, 6) is 5.82. The summed E-state index contributed by atoms with van der Waals surface area (Å²) >= 11 is 0. The molecule has 0 amide bonds. The number of anilines is 1. The van der Waals surface area contributed by atoms with Gasteiger partial charge in [0.2, 0.25) is 0 Å². The second-order valence-corrected chi connectivity index (χ2v) is 2.18. The van der Waals surface area contributed by atoms with Gasteiger partial charge in [-0.25, -0.2) is 0 Å². The van der Waals surface area contributed by atoms with Gasteiger partial charge in [-0.1, -0.05) is 24.8 Å². The fraction of sp³-hybridized carbons (Fsp3) is 0.200. The van der Waals surface area contributed by atoms with Gasteiger partial charge in [-0.3, -0.25) is 0 Å². The number of rotatable bonds is 0. The summed E-state index contributed by atoms with van der Waals surface area (Å²) in [5, 5.41) is 0. The van der Waals surface area contributed by atoms with E-state index in [4.69, 9.17) is 7.10 Å². The second-order valence-electron chi connectivity index (χ2n) is 2.18. The van der Waals surface area contributed by atoms with E-state index in [9.17, 15) is 0 Å². The molecule has 2 N–H and O–H groups in total. The zero-order chi connectivity index (χ0) is 8.81. The first-order valence-corrected chi connectivity index (χ1v) is 3.46. The van der Waals surface area contributed by atoms with Crippen LogP contribution in [0, 0.1) is 11.8 Å². The molecule has 0 aliphatic rings. The maximum Gasteiger partial charge on any atom is 0.0326 e. The maximum atomic E-state index is 6.88. The molecule has 0 aliphatic carbocycles. The third-order valence-electron chi connectivity index (χ3n) is 1.24. The van der Waals surface area contributed by atoms with E-state index in [2.05, 4.69) is 11.8 Å². The Kier molecular flexibility index (Phi) is 2.11. The molecule has 56 valence electrons. The number of nitrogens with two attached hydrogens (primary N) is 1. The monoisotopic (exact) mass is 147 g/mol. The highest BCUT2D eigenvalue weighted by Gasteiger charge is 1.85. The first kappa shape index (κ1) is 6.30. The van der Waals surface area contributed by atoms with Crippen LogP contribution in [0.25, 0.3) is 0 Å². The molecule has 0 heterocycles. The smallest absolute Gasteiger partial charge is 0.0326 e. The molecule has 0 radical (unpaired) electrons. The summed E-state index contributed by atoms with van der Waals surface area (Å²) in [7, 11) is 0. The summed E-state index contributed by atoms with van der Waals surface area (Å²) in [4.78, 5) is 0. The van der Waals surface area contributed by atoms with Crippen LogP contribution >= 0.6 is 0 Å². The SMILES string of the molecule is [3H]CCC#Cc1cccc(N)c1. The van der Waals surface area contributed by atoms with Crippen molar-refractivity contribution in [2.45, 2.75) is 13.3 Å². The Morgan fingerprint density at radius 1 is 1.64 bits per heavy atom. The predicted octanol–water partition coefficient (Wildman–Crippen LogP) is 2.03. The third kappa shape index (κ3) is 2.35. The van der Waals surface area contributed by atoms with Crippen LogP contribution in [0.3, 0.4) is 0 Å². The molecule has 1 heteroatoms. The van der Waals surface area contributed by atoms with E-state index in [-0.39, 0.29) is 0 Å². The van der Waals surface area contributed by atoms with Gasteiger partial charge in [-0.2, -0.15) is 0 Å². The van der Waals surface area contributed by atoms with Crippen LogP contribution in [0.2, 0.25) is 0 Å². The second kappa shape index (κ2) is 3.68. The van der Waals surface area contributed by atoms with Gasteiger partial charge < -0.3 is 5.73 Å². The molecule has 1 aromatic carbocycles.